The van der Waals surface area contributed by atoms with Crippen LogP contribution in [0.1, 0.15) is 43.4 Å². The van der Waals surface area contributed by atoms with Gasteiger partial charge in [0.05, 0.1) is 0 Å². The number of nitrogens with one attached hydrogen (secondary N) is 1. The van der Waals surface area contributed by atoms with Gasteiger partial charge in [-0.2, -0.15) is 0 Å². The van der Waals surface area contributed by atoms with E-state index < -0.39 is 0 Å². The number of piperidine rings is 1. The van der Waals surface area contributed by atoms with Gasteiger partial charge in [0.25, 0.3) is 0 Å². The number of fused-ring (bicyclic) bond motifs is 2. The Labute approximate surface area is 94.9 Å². The van der Waals surface area contributed by atoms with Crippen molar-refractivity contribution in [2.45, 2.75) is 57.3 Å². The summed E-state index contributed by atoms with van der Waals surface area (Å²) in [7, 11) is 0. The fourth-order valence-electron chi connectivity index (χ4n) is 3.23. The fraction of sp³-hybridized carbons (Fsp3) is 0.818. The van der Waals surface area contributed by atoms with E-state index in [-0.39, 0.29) is 6.61 Å². The molecule has 88 valence electrons. The largest absolute Gasteiger partial charge is 0.388 e. The second kappa shape index (κ2) is 3.82. The molecule has 5 nitrogen and oxygen atoms in total. The van der Waals surface area contributed by atoms with Gasteiger partial charge in [0.2, 0.25) is 0 Å². The molecule has 2 fully saturated rings. The molecule has 2 aliphatic heterocycles. The number of aliphatic hydroxyl groups is 1. The molecule has 2 saturated heterocycles. The summed E-state index contributed by atoms with van der Waals surface area (Å²) in [6, 6.07) is 1.77. The lowest BCUT2D eigenvalue weighted by Crippen LogP contribution is -2.39. The maximum Gasteiger partial charge on any atom is 0.159 e. The predicted molar refractivity (Wildman–Crippen MR) is 58.9 cm³/mol. The molecule has 16 heavy (non-hydrogen) atoms. The molecule has 1 aromatic heterocycles. The Kier molecular flexibility index (Phi) is 2.44. The summed E-state index contributed by atoms with van der Waals surface area (Å²) in [5.41, 5.74) is 0. The van der Waals surface area contributed by atoms with Gasteiger partial charge < -0.3 is 15.0 Å². The molecule has 0 saturated carbocycles. The average molecular weight is 222 g/mol. The highest BCUT2D eigenvalue weighted by atomic mass is 16.3. The maximum absolute atomic E-state index is 9.27. The van der Waals surface area contributed by atoms with Crippen LogP contribution in [-0.2, 0) is 6.61 Å². The van der Waals surface area contributed by atoms with E-state index >= 15 is 0 Å². The number of aryl methyl sites for hydroxylation is 1. The molecule has 3 heterocycles. The van der Waals surface area contributed by atoms with E-state index in [4.69, 9.17) is 0 Å². The first kappa shape index (κ1) is 10.2. The first-order valence-electron chi connectivity index (χ1n) is 6.05. The van der Waals surface area contributed by atoms with E-state index in [0.717, 1.165) is 18.7 Å². The topological polar surface area (TPSA) is 63.0 Å². The summed E-state index contributed by atoms with van der Waals surface area (Å²) in [4.78, 5) is 0. The highest BCUT2D eigenvalue weighted by Gasteiger charge is 2.35. The highest BCUT2D eigenvalue weighted by molar-refractivity contribution is 5.02. The van der Waals surface area contributed by atoms with Crippen molar-refractivity contribution in [2.75, 3.05) is 0 Å². The molecule has 2 aliphatic rings. The minimum Gasteiger partial charge on any atom is -0.388 e. The van der Waals surface area contributed by atoms with Gasteiger partial charge in [-0.05, 0) is 32.6 Å². The lowest BCUT2D eigenvalue weighted by Gasteiger charge is -2.31. The summed E-state index contributed by atoms with van der Waals surface area (Å²) >= 11 is 0. The standard InChI is InChI=1S/C11H18N4O/c1-7-13-14-11(6-16)15(7)10-4-8-2-3-9(5-10)12-8/h8-10,12,16H,2-6H2,1H3/t8-,9+,10-. The third-order valence-corrected chi connectivity index (χ3v) is 3.89. The predicted octanol–water partition coefficient (Wildman–Crippen LogP) is 0.534. The number of hydrogen-bond donors (Lipinski definition) is 2. The Morgan fingerprint density at radius 2 is 2.00 bits per heavy atom. The molecule has 2 bridgehead atoms. The molecule has 0 aliphatic carbocycles. The van der Waals surface area contributed by atoms with Crippen molar-refractivity contribution in [3.8, 4) is 0 Å². The Morgan fingerprint density at radius 1 is 1.31 bits per heavy atom. The molecule has 0 radical (unpaired) electrons. The van der Waals surface area contributed by atoms with Crippen LogP contribution in [0.5, 0.6) is 0 Å². The zero-order valence-electron chi connectivity index (χ0n) is 9.56. The van der Waals surface area contributed by atoms with Crippen molar-refractivity contribution in [1.82, 2.24) is 20.1 Å². The third kappa shape index (κ3) is 1.55. The molecule has 1 aromatic rings. The lowest BCUT2D eigenvalue weighted by atomic mass is 9.99. The molecule has 0 spiro atoms. The Balaban J connectivity index is 1.88. The Morgan fingerprint density at radius 3 is 2.62 bits per heavy atom. The molecule has 5 heteroatoms. The van der Waals surface area contributed by atoms with Crippen LogP contribution in [0.4, 0.5) is 0 Å². The molecule has 0 aromatic carbocycles. The minimum absolute atomic E-state index is 0.0138. The van der Waals surface area contributed by atoms with Crippen LogP contribution in [0.2, 0.25) is 0 Å². The molecule has 0 amide bonds. The molecule has 3 rings (SSSR count). The highest BCUT2D eigenvalue weighted by Crippen LogP contribution is 2.34. The van der Waals surface area contributed by atoms with Gasteiger partial charge in [-0.3, -0.25) is 0 Å². The smallest absolute Gasteiger partial charge is 0.159 e. The van der Waals surface area contributed by atoms with Crippen LogP contribution in [0.25, 0.3) is 0 Å². The van der Waals surface area contributed by atoms with Gasteiger partial charge in [0.1, 0.15) is 12.4 Å². The zero-order chi connectivity index (χ0) is 11.1. The van der Waals surface area contributed by atoms with Gasteiger partial charge in [-0.25, -0.2) is 0 Å². The zero-order valence-corrected chi connectivity index (χ0v) is 9.56. The van der Waals surface area contributed by atoms with Gasteiger partial charge >= 0.3 is 0 Å². The summed E-state index contributed by atoms with van der Waals surface area (Å²) < 4.78 is 2.13. The van der Waals surface area contributed by atoms with Gasteiger partial charge in [-0.15, -0.1) is 10.2 Å². The van der Waals surface area contributed by atoms with Crippen LogP contribution in [-0.4, -0.2) is 32.0 Å². The van der Waals surface area contributed by atoms with E-state index in [1.54, 1.807) is 0 Å². The summed E-state index contributed by atoms with van der Waals surface area (Å²) in [5.74, 6) is 1.64. The number of hydrogen-bond acceptors (Lipinski definition) is 4. The van der Waals surface area contributed by atoms with Gasteiger partial charge in [0.15, 0.2) is 5.82 Å². The van der Waals surface area contributed by atoms with E-state index in [9.17, 15) is 5.11 Å². The molecule has 0 unspecified atom stereocenters. The number of nitrogens with zero attached hydrogens (tertiary/aromatic N) is 3. The van der Waals surface area contributed by atoms with Crippen molar-refractivity contribution in [1.29, 1.82) is 0 Å². The van der Waals surface area contributed by atoms with Crippen molar-refractivity contribution in [2.24, 2.45) is 0 Å². The van der Waals surface area contributed by atoms with E-state index in [1.807, 2.05) is 6.92 Å². The average Bonchev–Trinajstić information content (AvgIpc) is 2.82. The summed E-state index contributed by atoms with van der Waals surface area (Å²) in [6.45, 7) is 1.95. The molecular weight excluding hydrogens is 204 g/mol. The van der Waals surface area contributed by atoms with Crippen molar-refractivity contribution < 1.29 is 5.11 Å². The molecule has 2 N–H and O–H groups in total. The second-order valence-electron chi connectivity index (χ2n) is 4.95. The molecular formula is C11H18N4O. The quantitative estimate of drug-likeness (QED) is 0.766. The van der Waals surface area contributed by atoms with Crippen molar-refractivity contribution >= 4 is 0 Å². The number of rotatable bonds is 2. The molecule has 3 atom stereocenters. The first-order chi connectivity index (χ1) is 7.78. The normalized spacial score (nSPS) is 33.2. The Hall–Kier alpha value is -0.940. The van der Waals surface area contributed by atoms with E-state index in [1.165, 1.54) is 12.8 Å². The minimum atomic E-state index is -0.0138. The van der Waals surface area contributed by atoms with Crippen LogP contribution in [0.15, 0.2) is 0 Å². The first-order valence-corrected chi connectivity index (χ1v) is 6.05. The van der Waals surface area contributed by atoms with Crippen LogP contribution in [0.3, 0.4) is 0 Å². The monoisotopic (exact) mass is 222 g/mol. The Bertz CT molecular complexity index is 377. The van der Waals surface area contributed by atoms with Gasteiger partial charge in [-0.1, -0.05) is 0 Å². The second-order valence-corrected chi connectivity index (χ2v) is 4.95. The van der Waals surface area contributed by atoms with Crippen molar-refractivity contribution in [3.05, 3.63) is 11.6 Å². The number of aliphatic hydroxyl groups excluding tert-OH is 1. The summed E-state index contributed by atoms with van der Waals surface area (Å²) in [6.07, 6.45) is 4.86. The van der Waals surface area contributed by atoms with Crippen LogP contribution in [0, 0.1) is 6.92 Å². The van der Waals surface area contributed by atoms with E-state index in [0.29, 0.717) is 23.9 Å². The fourth-order valence-corrected chi connectivity index (χ4v) is 3.23. The third-order valence-electron chi connectivity index (χ3n) is 3.89. The summed E-state index contributed by atoms with van der Waals surface area (Å²) in [5, 5.41) is 21.0. The van der Waals surface area contributed by atoms with Crippen LogP contribution >= 0.6 is 0 Å². The SMILES string of the molecule is Cc1nnc(CO)n1[C@@H]1C[C@H]2CC[C@@H](C1)N2. The maximum atomic E-state index is 9.27. The lowest BCUT2D eigenvalue weighted by molar-refractivity contribution is 0.240. The van der Waals surface area contributed by atoms with Gasteiger partial charge in [0, 0.05) is 18.1 Å². The van der Waals surface area contributed by atoms with Crippen LogP contribution < -0.4 is 5.32 Å². The van der Waals surface area contributed by atoms with Crippen molar-refractivity contribution in [3.63, 3.8) is 0 Å². The van der Waals surface area contributed by atoms with E-state index in [2.05, 4.69) is 20.1 Å². The number of aromatic nitrogens is 3.